The number of carbonyl (C=O) groups excluding carboxylic acids is 3. The zero-order chi connectivity index (χ0) is 25.9. The number of nitrogens with zero attached hydrogens (tertiary/aromatic N) is 1. The Morgan fingerprint density at radius 1 is 0.919 bits per heavy atom. The van der Waals surface area contributed by atoms with E-state index >= 15 is 0 Å². The highest BCUT2D eigenvalue weighted by molar-refractivity contribution is 6.35. The fourth-order valence-corrected chi connectivity index (χ4v) is 5.96. The van der Waals surface area contributed by atoms with Gasteiger partial charge in [0.1, 0.15) is 17.3 Å². The van der Waals surface area contributed by atoms with Crippen LogP contribution in [0.2, 0.25) is 5.02 Å². The summed E-state index contributed by atoms with van der Waals surface area (Å²) in [7, 11) is 1.69. The third-order valence-corrected chi connectivity index (χ3v) is 7.82. The first-order valence-electron chi connectivity index (χ1n) is 11.9. The van der Waals surface area contributed by atoms with Crippen molar-refractivity contribution in [3.05, 3.63) is 118 Å². The van der Waals surface area contributed by atoms with E-state index in [1.54, 1.807) is 60.5 Å². The molecular formula is C30H21ClFNO4. The molecule has 3 aromatic carbocycles. The van der Waals surface area contributed by atoms with Crippen molar-refractivity contribution < 1.29 is 23.2 Å². The Kier molecular flexibility index (Phi) is 5.48. The molecule has 1 aliphatic carbocycles. The van der Waals surface area contributed by atoms with Crippen LogP contribution in [0.1, 0.15) is 42.8 Å². The van der Waals surface area contributed by atoms with Gasteiger partial charge in [0, 0.05) is 39.7 Å². The van der Waals surface area contributed by atoms with Crippen LogP contribution in [0.15, 0.2) is 89.3 Å². The number of hydrogen-bond acceptors (Lipinski definition) is 5. The van der Waals surface area contributed by atoms with Crippen LogP contribution in [0.3, 0.4) is 0 Å². The summed E-state index contributed by atoms with van der Waals surface area (Å²) in [5.74, 6) is -2.28. The molecule has 0 radical (unpaired) electrons. The highest BCUT2D eigenvalue weighted by Gasteiger charge is 2.68. The van der Waals surface area contributed by atoms with Crippen molar-refractivity contribution in [1.82, 2.24) is 4.90 Å². The number of likely N-dealkylation sites (tertiary alicyclic amines) is 1. The maximum absolute atomic E-state index is 14.1. The van der Waals surface area contributed by atoms with Gasteiger partial charge in [-0.1, -0.05) is 35.9 Å². The molecule has 1 aliphatic heterocycles. The number of hydrogen-bond donors (Lipinski definition) is 0. The number of carbonyl (C=O) groups is 3. The Balaban J connectivity index is 1.49. The van der Waals surface area contributed by atoms with Gasteiger partial charge in [-0.3, -0.25) is 19.3 Å². The van der Waals surface area contributed by atoms with Gasteiger partial charge < -0.3 is 4.42 Å². The van der Waals surface area contributed by atoms with Gasteiger partial charge in [0.05, 0.1) is 5.92 Å². The number of halogens is 2. The van der Waals surface area contributed by atoms with Gasteiger partial charge in [0.25, 0.3) is 0 Å². The second-order valence-corrected chi connectivity index (χ2v) is 9.95. The molecule has 0 bridgehead atoms. The third kappa shape index (κ3) is 3.44. The van der Waals surface area contributed by atoms with Gasteiger partial charge in [-0.15, -0.1) is 0 Å². The Morgan fingerprint density at radius 2 is 1.54 bits per heavy atom. The molecule has 1 fully saturated rings. The molecule has 0 N–H and O–H groups in total. The predicted octanol–water partition coefficient (Wildman–Crippen LogP) is 6.09. The molecule has 2 aliphatic rings. The van der Waals surface area contributed by atoms with E-state index in [0.29, 0.717) is 27.7 Å². The minimum absolute atomic E-state index is 0.229. The maximum atomic E-state index is 14.1. The van der Waals surface area contributed by atoms with Gasteiger partial charge in [-0.25, -0.2) is 4.39 Å². The van der Waals surface area contributed by atoms with E-state index in [9.17, 15) is 18.8 Å². The summed E-state index contributed by atoms with van der Waals surface area (Å²) >= 11 is 6.02. The third-order valence-electron chi connectivity index (χ3n) is 7.57. The van der Waals surface area contributed by atoms with Gasteiger partial charge in [-0.2, -0.15) is 0 Å². The molecule has 1 saturated heterocycles. The van der Waals surface area contributed by atoms with Gasteiger partial charge in [0.15, 0.2) is 22.9 Å². The molecular weight excluding hydrogens is 493 g/mol. The Morgan fingerprint density at radius 3 is 2.16 bits per heavy atom. The number of rotatable bonds is 4. The number of likely N-dealkylation sites (N-methyl/N-ethyl adjacent to an activating group) is 1. The molecule has 184 valence electrons. The van der Waals surface area contributed by atoms with Crippen molar-refractivity contribution in [2.45, 2.75) is 11.5 Å². The van der Waals surface area contributed by atoms with Crippen molar-refractivity contribution in [2.24, 2.45) is 5.92 Å². The summed E-state index contributed by atoms with van der Waals surface area (Å²) < 4.78 is 19.9. The molecule has 1 spiro atoms. The summed E-state index contributed by atoms with van der Waals surface area (Å²) in [4.78, 5) is 43.7. The monoisotopic (exact) mass is 513 g/mol. The lowest BCUT2D eigenvalue weighted by atomic mass is 9.71. The highest BCUT2D eigenvalue weighted by atomic mass is 35.5. The van der Waals surface area contributed by atoms with E-state index in [0.717, 1.165) is 5.56 Å². The SMILES string of the molecule is CN1C[C@H](c2ccc(-c3ccc(Cl)cc3)o2)[C@@H](C(=O)c2ccc(F)cc2)C12C(=O)c1ccccc1C2=O. The van der Waals surface area contributed by atoms with Crippen molar-refractivity contribution >= 4 is 29.0 Å². The number of benzene rings is 3. The Labute approximate surface area is 217 Å². The second kappa shape index (κ2) is 8.61. The average molecular weight is 514 g/mol. The number of ketones is 3. The first-order valence-corrected chi connectivity index (χ1v) is 12.3. The van der Waals surface area contributed by atoms with E-state index in [4.69, 9.17) is 16.0 Å². The maximum Gasteiger partial charge on any atom is 0.192 e. The van der Waals surface area contributed by atoms with Crippen LogP contribution in [0.4, 0.5) is 4.39 Å². The highest BCUT2D eigenvalue weighted by Crippen LogP contribution is 2.52. The van der Waals surface area contributed by atoms with Crippen LogP contribution in [0.25, 0.3) is 11.3 Å². The van der Waals surface area contributed by atoms with Crippen molar-refractivity contribution in [1.29, 1.82) is 0 Å². The first-order chi connectivity index (χ1) is 17.8. The Hall–Kier alpha value is -3.87. The molecule has 4 aromatic rings. The van der Waals surface area contributed by atoms with E-state index in [1.807, 2.05) is 12.1 Å². The van der Waals surface area contributed by atoms with Gasteiger partial charge >= 0.3 is 0 Å². The first kappa shape index (κ1) is 23.5. The summed E-state index contributed by atoms with van der Waals surface area (Å²) in [6.07, 6.45) is 0. The predicted molar refractivity (Wildman–Crippen MR) is 137 cm³/mol. The fraction of sp³-hybridized carbons (Fsp3) is 0.167. The van der Waals surface area contributed by atoms with Crippen LogP contribution in [0, 0.1) is 11.7 Å². The topological polar surface area (TPSA) is 67.6 Å². The molecule has 2 atom stereocenters. The minimum Gasteiger partial charge on any atom is -0.461 e. The van der Waals surface area contributed by atoms with E-state index in [-0.39, 0.29) is 12.1 Å². The standard InChI is InChI=1S/C30H21ClFNO4/c1-33-16-23(25-15-14-24(37-25)17-6-10-19(31)11-7-17)26(27(34)18-8-12-20(32)13-9-18)30(33)28(35)21-4-2-3-5-22(21)29(30)36/h2-15,23,26H,16H2,1H3/t23-,26+/m1/s1. The van der Waals surface area contributed by atoms with Gasteiger partial charge in [0.2, 0.25) is 0 Å². The lowest BCUT2D eigenvalue weighted by Crippen LogP contribution is -2.57. The summed E-state index contributed by atoms with van der Waals surface area (Å²) in [5.41, 5.74) is -0.0744. The average Bonchev–Trinajstić information content (AvgIpc) is 3.57. The lowest BCUT2D eigenvalue weighted by molar-refractivity contribution is 0.0514. The smallest absolute Gasteiger partial charge is 0.192 e. The molecule has 0 unspecified atom stereocenters. The number of furan rings is 1. The summed E-state index contributed by atoms with van der Waals surface area (Å²) in [5, 5.41) is 0.595. The van der Waals surface area contributed by atoms with E-state index in [1.165, 1.54) is 24.3 Å². The minimum atomic E-state index is -1.72. The van der Waals surface area contributed by atoms with Crippen LogP contribution >= 0.6 is 11.6 Å². The fourth-order valence-electron chi connectivity index (χ4n) is 5.84. The molecule has 0 amide bonds. The van der Waals surface area contributed by atoms with Crippen LogP contribution in [-0.4, -0.2) is 41.4 Å². The van der Waals surface area contributed by atoms with Crippen LogP contribution in [0.5, 0.6) is 0 Å². The Bertz CT molecular complexity index is 1520. The molecule has 1 aromatic heterocycles. The number of fused-ring (bicyclic) bond motifs is 1. The van der Waals surface area contributed by atoms with Crippen molar-refractivity contribution in [2.75, 3.05) is 13.6 Å². The van der Waals surface area contributed by atoms with E-state index < -0.39 is 40.5 Å². The summed E-state index contributed by atoms with van der Waals surface area (Å²) in [6.45, 7) is 0.247. The second-order valence-electron chi connectivity index (χ2n) is 9.51. The van der Waals surface area contributed by atoms with Crippen molar-refractivity contribution in [3.8, 4) is 11.3 Å². The molecule has 6 rings (SSSR count). The normalized spacial score (nSPS) is 20.5. The molecule has 0 saturated carbocycles. The zero-order valence-electron chi connectivity index (χ0n) is 19.8. The molecule has 2 heterocycles. The number of Topliss-reactive ketones (excluding diaryl/α,β-unsaturated/α-hetero) is 3. The zero-order valence-corrected chi connectivity index (χ0v) is 20.5. The molecule has 37 heavy (non-hydrogen) atoms. The van der Waals surface area contributed by atoms with Crippen LogP contribution in [-0.2, 0) is 0 Å². The lowest BCUT2D eigenvalue weighted by Gasteiger charge is -2.33. The molecule has 7 heteroatoms. The largest absolute Gasteiger partial charge is 0.461 e. The molecule has 5 nitrogen and oxygen atoms in total. The summed E-state index contributed by atoms with van der Waals surface area (Å²) in [6, 6.07) is 22.6. The van der Waals surface area contributed by atoms with Crippen molar-refractivity contribution in [3.63, 3.8) is 0 Å². The quantitative estimate of drug-likeness (QED) is 0.244. The van der Waals surface area contributed by atoms with Crippen LogP contribution < -0.4 is 0 Å². The van der Waals surface area contributed by atoms with E-state index in [2.05, 4.69) is 0 Å². The van der Waals surface area contributed by atoms with Gasteiger partial charge in [-0.05, 0) is 67.7 Å².